The summed E-state index contributed by atoms with van der Waals surface area (Å²) in [6.45, 7) is 4.00. The lowest BCUT2D eigenvalue weighted by Crippen LogP contribution is -2.48. The van der Waals surface area contributed by atoms with E-state index in [0.717, 1.165) is 29.7 Å². The second-order valence-corrected chi connectivity index (χ2v) is 6.03. The molecular formula is C18H19FN2O3. The fourth-order valence-electron chi connectivity index (χ4n) is 3.11. The van der Waals surface area contributed by atoms with Crippen LogP contribution in [0.1, 0.15) is 34.8 Å². The first-order chi connectivity index (χ1) is 11.5. The van der Waals surface area contributed by atoms with Crippen LogP contribution < -0.4 is 10.2 Å². The van der Waals surface area contributed by atoms with E-state index in [2.05, 4.69) is 5.32 Å². The minimum absolute atomic E-state index is 0.206. The van der Waals surface area contributed by atoms with Gasteiger partial charge < -0.3 is 14.6 Å². The zero-order valence-electron chi connectivity index (χ0n) is 13.6. The molecule has 1 unspecified atom stereocenters. The summed E-state index contributed by atoms with van der Waals surface area (Å²) in [6.07, 6.45) is 4.24. The number of furan rings is 1. The molecule has 1 aromatic heterocycles. The maximum atomic E-state index is 13.6. The quantitative estimate of drug-likeness (QED) is 0.941. The highest BCUT2D eigenvalue weighted by Gasteiger charge is 2.29. The number of nitrogens with one attached hydrogen (secondary N) is 1. The molecule has 24 heavy (non-hydrogen) atoms. The standard InChI is InChI=1S/C18H19FN2O3/c1-11-8-15(19)9-13-4-3-6-21(16(11)13)18(23)12(2)20-17(22)14-5-7-24-10-14/h5,7-10,12H,3-4,6H2,1-2H3,(H,20,22). The molecule has 0 saturated carbocycles. The van der Waals surface area contributed by atoms with Gasteiger partial charge in [0.15, 0.2) is 0 Å². The third-order valence-corrected chi connectivity index (χ3v) is 4.21. The number of halogens is 1. The molecular weight excluding hydrogens is 311 g/mol. The molecule has 0 spiro atoms. The first kappa shape index (κ1) is 16.2. The molecule has 126 valence electrons. The van der Waals surface area contributed by atoms with Gasteiger partial charge in [-0.1, -0.05) is 0 Å². The van der Waals surface area contributed by atoms with Gasteiger partial charge in [-0.25, -0.2) is 4.39 Å². The molecule has 1 N–H and O–H groups in total. The Morgan fingerprint density at radius 2 is 2.17 bits per heavy atom. The van der Waals surface area contributed by atoms with E-state index in [4.69, 9.17) is 4.42 Å². The molecule has 0 saturated heterocycles. The van der Waals surface area contributed by atoms with E-state index in [9.17, 15) is 14.0 Å². The number of anilines is 1. The van der Waals surface area contributed by atoms with Crippen LogP contribution in [-0.2, 0) is 11.2 Å². The Morgan fingerprint density at radius 1 is 1.38 bits per heavy atom. The third-order valence-electron chi connectivity index (χ3n) is 4.21. The number of fused-ring (bicyclic) bond motifs is 1. The van der Waals surface area contributed by atoms with Crippen LogP contribution in [0, 0.1) is 12.7 Å². The van der Waals surface area contributed by atoms with Gasteiger partial charge in [0.05, 0.1) is 11.8 Å². The molecule has 5 nitrogen and oxygen atoms in total. The minimum atomic E-state index is -0.692. The molecule has 0 radical (unpaired) electrons. The Labute approximate surface area is 139 Å². The molecule has 0 bridgehead atoms. The van der Waals surface area contributed by atoms with Crippen LogP contribution in [0.2, 0.25) is 0 Å². The summed E-state index contributed by atoms with van der Waals surface area (Å²) >= 11 is 0. The predicted molar refractivity (Wildman–Crippen MR) is 87.4 cm³/mol. The van der Waals surface area contributed by atoms with Crippen LogP contribution in [0.25, 0.3) is 0 Å². The van der Waals surface area contributed by atoms with Crippen molar-refractivity contribution >= 4 is 17.5 Å². The highest BCUT2D eigenvalue weighted by Crippen LogP contribution is 2.32. The normalized spacial score (nSPS) is 14.9. The topological polar surface area (TPSA) is 62.6 Å². The van der Waals surface area contributed by atoms with Gasteiger partial charge in [-0.15, -0.1) is 0 Å². The number of carbonyl (C=O) groups is 2. The van der Waals surface area contributed by atoms with E-state index >= 15 is 0 Å². The Morgan fingerprint density at radius 3 is 2.88 bits per heavy atom. The molecule has 6 heteroatoms. The summed E-state index contributed by atoms with van der Waals surface area (Å²) in [7, 11) is 0. The first-order valence-electron chi connectivity index (χ1n) is 7.91. The molecule has 1 atom stereocenters. The molecule has 0 fully saturated rings. The molecule has 3 rings (SSSR count). The van der Waals surface area contributed by atoms with Gasteiger partial charge >= 0.3 is 0 Å². The first-order valence-corrected chi connectivity index (χ1v) is 7.91. The Kier molecular flexibility index (Phi) is 4.38. The molecule has 2 amide bonds. The van der Waals surface area contributed by atoms with E-state index in [1.165, 1.54) is 30.7 Å². The second-order valence-electron chi connectivity index (χ2n) is 6.03. The van der Waals surface area contributed by atoms with Gasteiger partial charge in [0.2, 0.25) is 5.91 Å². The maximum absolute atomic E-state index is 13.6. The van der Waals surface area contributed by atoms with E-state index in [1.54, 1.807) is 18.7 Å². The minimum Gasteiger partial charge on any atom is -0.472 e. The van der Waals surface area contributed by atoms with Crippen LogP contribution in [0.5, 0.6) is 0 Å². The number of hydrogen-bond donors (Lipinski definition) is 1. The summed E-state index contributed by atoms with van der Waals surface area (Å²) in [5, 5.41) is 2.68. The zero-order valence-corrected chi connectivity index (χ0v) is 13.6. The Bertz CT molecular complexity index is 771. The second kappa shape index (κ2) is 6.47. The number of amides is 2. The summed E-state index contributed by atoms with van der Waals surface area (Å²) in [6, 6.07) is 3.76. The van der Waals surface area contributed by atoms with Crippen LogP contribution in [0.4, 0.5) is 10.1 Å². The van der Waals surface area contributed by atoms with Gasteiger partial charge in [0.25, 0.3) is 5.91 Å². The summed E-state index contributed by atoms with van der Waals surface area (Å²) in [5.74, 6) is -0.859. The molecule has 2 heterocycles. The van der Waals surface area contributed by atoms with Gasteiger partial charge in [-0.05, 0) is 56.0 Å². The number of carbonyl (C=O) groups excluding carboxylic acids is 2. The SMILES string of the molecule is Cc1cc(F)cc2c1N(C(=O)C(C)NC(=O)c1ccoc1)CCC2. The van der Waals surface area contributed by atoms with Crippen molar-refractivity contribution in [2.75, 3.05) is 11.4 Å². The van der Waals surface area contributed by atoms with Crippen molar-refractivity contribution in [1.82, 2.24) is 5.32 Å². The summed E-state index contributed by atoms with van der Waals surface area (Å²) < 4.78 is 18.5. The van der Waals surface area contributed by atoms with Crippen molar-refractivity contribution in [1.29, 1.82) is 0 Å². The maximum Gasteiger partial charge on any atom is 0.255 e. The Balaban J connectivity index is 1.80. The number of rotatable bonds is 3. The third kappa shape index (κ3) is 3.04. The smallest absolute Gasteiger partial charge is 0.255 e. The number of aryl methyl sites for hydroxylation is 2. The van der Waals surface area contributed by atoms with Gasteiger partial charge in [-0.3, -0.25) is 9.59 Å². The lowest BCUT2D eigenvalue weighted by atomic mass is 9.97. The largest absolute Gasteiger partial charge is 0.472 e. The lowest BCUT2D eigenvalue weighted by Gasteiger charge is -2.33. The van der Waals surface area contributed by atoms with Crippen molar-refractivity contribution in [2.45, 2.75) is 32.7 Å². The van der Waals surface area contributed by atoms with Crippen LogP contribution >= 0.6 is 0 Å². The Hall–Kier alpha value is -2.63. The van der Waals surface area contributed by atoms with Crippen LogP contribution in [0.15, 0.2) is 35.1 Å². The van der Waals surface area contributed by atoms with Crippen molar-refractivity contribution in [3.8, 4) is 0 Å². The van der Waals surface area contributed by atoms with E-state index < -0.39 is 6.04 Å². The van der Waals surface area contributed by atoms with Crippen molar-refractivity contribution in [2.24, 2.45) is 0 Å². The molecule has 1 aromatic carbocycles. The number of nitrogens with zero attached hydrogens (tertiary/aromatic N) is 1. The average Bonchev–Trinajstić information content (AvgIpc) is 3.07. The molecule has 1 aliphatic heterocycles. The van der Waals surface area contributed by atoms with E-state index in [0.29, 0.717) is 12.1 Å². The number of benzene rings is 1. The van der Waals surface area contributed by atoms with Gasteiger partial charge in [0.1, 0.15) is 18.1 Å². The molecule has 0 aliphatic carbocycles. The van der Waals surface area contributed by atoms with E-state index in [1.807, 2.05) is 0 Å². The fourth-order valence-corrected chi connectivity index (χ4v) is 3.11. The fraction of sp³-hybridized carbons (Fsp3) is 0.333. The zero-order chi connectivity index (χ0) is 17.3. The highest BCUT2D eigenvalue weighted by molar-refractivity contribution is 6.02. The number of hydrogen-bond acceptors (Lipinski definition) is 3. The summed E-state index contributed by atoms with van der Waals surface area (Å²) in [4.78, 5) is 26.5. The molecule has 2 aromatic rings. The van der Waals surface area contributed by atoms with Crippen molar-refractivity contribution < 1.29 is 18.4 Å². The van der Waals surface area contributed by atoms with Gasteiger partial charge in [-0.2, -0.15) is 0 Å². The monoisotopic (exact) mass is 330 g/mol. The van der Waals surface area contributed by atoms with Crippen molar-refractivity contribution in [3.05, 3.63) is 53.2 Å². The highest BCUT2D eigenvalue weighted by atomic mass is 19.1. The molecule has 1 aliphatic rings. The van der Waals surface area contributed by atoms with Crippen LogP contribution in [0.3, 0.4) is 0 Å². The predicted octanol–water partition coefficient (Wildman–Crippen LogP) is 2.82. The van der Waals surface area contributed by atoms with Crippen molar-refractivity contribution in [3.63, 3.8) is 0 Å². The van der Waals surface area contributed by atoms with E-state index in [-0.39, 0.29) is 17.6 Å². The van der Waals surface area contributed by atoms with Crippen LogP contribution in [-0.4, -0.2) is 24.4 Å². The lowest BCUT2D eigenvalue weighted by molar-refractivity contribution is -0.120. The summed E-state index contributed by atoms with van der Waals surface area (Å²) in [5.41, 5.74) is 2.69. The average molecular weight is 330 g/mol. The van der Waals surface area contributed by atoms with Gasteiger partial charge in [0, 0.05) is 12.2 Å².